The maximum Gasteiger partial charge on any atom is 0.312 e. The summed E-state index contributed by atoms with van der Waals surface area (Å²) in [6, 6.07) is 0.332. The highest BCUT2D eigenvalue weighted by Crippen LogP contribution is 2.23. The van der Waals surface area contributed by atoms with Crippen molar-refractivity contribution in [2.45, 2.75) is 31.7 Å². The van der Waals surface area contributed by atoms with Crippen molar-refractivity contribution in [3.8, 4) is 0 Å². The van der Waals surface area contributed by atoms with Crippen molar-refractivity contribution in [2.24, 2.45) is 0 Å². The molecule has 1 aliphatic carbocycles. The maximum absolute atomic E-state index is 11.4. The summed E-state index contributed by atoms with van der Waals surface area (Å²) in [5.41, 5.74) is 0. The molecule has 0 bridgehead atoms. The Bertz CT molecular complexity index is 234. The number of piperazine rings is 1. The van der Waals surface area contributed by atoms with E-state index in [4.69, 9.17) is 0 Å². The Balaban J connectivity index is 2.04. The summed E-state index contributed by atoms with van der Waals surface area (Å²) in [7, 11) is 0. The van der Waals surface area contributed by atoms with Crippen LogP contribution in [0, 0.1) is 0 Å². The molecule has 1 N–H and O–H groups in total. The normalized spacial score (nSPS) is 25.1. The number of carbonyl (C=O) groups is 2. The zero-order chi connectivity index (χ0) is 9.26. The van der Waals surface area contributed by atoms with Gasteiger partial charge in [0.1, 0.15) is 0 Å². The van der Waals surface area contributed by atoms with Crippen molar-refractivity contribution in [1.29, 1.82) is 0 Å². The summed E-state index contributed by atoms with van der Waals surface area (Å²) in [5.74, 6) is -0.767. The summed E-state index contributed by atoms with van der Waals surface area (Å²) in [6.45, 7) is 1.30. The Hall–Kier alpha value is -1.06. The van der Waals surface area contributed by atoms with Crippen LogP contribution in [-0.4, -0.2) is 35.8 Å². The van der Waals surface area contributed by atoms with E-state index in [1.54, 1.807) is 4.90 Å². The first-order chi connectivity index (χ1) is 6.29. The van der Waals surface area contributed by atoms with Crippen molar-refractivity contribution in [3.63, 3.8) is 0 Å². The van der Waals surface area contributed by atoms with Gasteiger partial charge in [-0.15, -0.1) is 0 Å². The smallest absolute Gasteiger partial charge is 0.312 e. The van der Waals surface area contributed by atoms with Gasteiger partial charge in [-0.2, -0.15) is 0 Å². The Morgan fingerprint density at radius 1 is 1.23 bits per heavy atom. The minimum absolute atomic E-state index is 0.332. The van der Waals surface area contributed by atoms with Gasteiger partial charge in [0, 0.05) is 19.1 Å². The van der Waals surface area contributed by atoms with E-state index in [9.17, 15) is 9.59 Å². The molecule has 2 aliphatic rings. The summed E-state index contributed by atoms with van der Waals surface area (Å²) in [4.78, 5) is 24.2. The zero-order valence-corrected chi connectivity index (χ0v) is 7.58. The van der Waals surface area contributed by atoms with E-state index in [1.807, 2.05) is 0 Å². The molecule has 4 heteroatoms. The van der Waals surface area contributed by atoms with Crippen LogP contribution in [0.2, 0.25) is 0 Å². The highest BCUT2D eigenvalue weighted by Gasteiger charge is 2.32. The van der Waals surface area contributed by atoms with Crippen LogP contribution in [0.4, 0.5) is 0 Å². The van der Waals surface area contributed by atoms with Crippen LogP contribution in [0.15, 0.2) is 0 Å². The first-order valence-corrected chi connectivity index (χ1v) is 4.88. The van der Waals surface area contributed by atoms with Crippen molar-refractivity contribution in [2.75, 3.05) is 13.1 Å². The number of hydrogen-bond donors (Lipinski definition) is 1. The average molecular weight is 182 g/mol. The SMILES string of the molecule is O=C1NCCN(C2CCCC2)C1=O. The van der Waals surface area contributed by atoms with Gasteiger partial charge in [-0.3, -0.25) is 9.59 Å². The fourth-order valence-corrected chi connectivity index (χ4v) is 2.16. The quantitative estimate of drug-likeness (QED) is 0.575. The van der Waals surface area contributed by atoms with Crippen molar-refractivity contribution < 1.29 is 9.59 Å². The van der Waals surface area contributed by atoms with E-state index in [0.717, 1.165) is 12.8 Å². The molecule has 2 amide bonds. The number of amides is 2. The number of nitrogens with one attached hydrogen (secondary N) is 1. The third-order valence-corrected chi connectivity index (χ3v) is 2.86. The fourth-order valence-electron chi connectivity index (χ4n) is 2.16. The van der Waals surface area contributed by atoms with Gasteiger partial charge >= 0.3 is 11.8 Å². The van der Waals surface area contributed by atoms with Crippen molar-refractivity contribution >= 4 is 11.8 Å². The highest BCUT2D eigenvalue weighted by molar-refractivity contribution is 6.35. The summed E-state index contributed by atoms with van der Waals surface area (Å²) in [5, 5.41) is 2.56. The molecule has 1 heterocycles. The van der Waals surface area contributed by atoms with Crippen LogP contribution in [0.5, 0.6) is 0 Å². The molecule has 13 heavy (non-hydrogen) atoms. The van der Waals surface area contributed by atoms with E-state index in [2.05, 4.69) is 5.32 Å². The molecular formula is C9H14N2O2. The standard InChI is InChI=1S/C9H14N2O2/c12-8-9(13)11(6-5-10-8)7-3-1-2-4-7/h7H,1-6H2,(H,10,12). The zero-order valence-electron chi connectivity index (χ0n) is 7.58. The first-order valence-electron chi connectivity index (χ1n) is 4.88. The average Bonchev–Trinajstić information content (AvgIpc) is 2.62. The lowest BCUT2D eigenvalue weighted by Gasteiger charge is -2.31. The second-order valence-corrected chi connectivity index (χ2v) is 3.69. The molecule has 1 saturated carbocycles. The lowest BCUT2D eigenvalue weighted by molar-refractivity contribution is -0.149. The second-order valence-electron chi connectivity index (χ2n) is 3.69. The van der Waals surface area contributed by atoms with Gasteiger partial charge in [-0.05, 0) is 12.8 Å². The number of hydrogen-bond acceptors (Lipinski definition) is 2. The van der Waals surface area contributed by atoms with Gasteiger partial charge in [-0.1, -0.05) is 12.8 Å². The van der Waals surface area contributed by atoms with Crippen LogP contribution in [0.25, 0.3) is 0 Å². The van der Waals surface area contributed by atoms with E-state index in [0.29, 0.717) is 19.1 Å². The molecule has 72 valence electrons. The molecule has 0 spiro atoms. The minimum Gasteiger partial charge on any atom is -0.346 e. The molecule has 0 radical (unpaired) electrons. The molecule has 4 nitrogen and oxygen atoms in total. The van der Waals surface area contributed by atoms with Crippen LogP contribution >= 0.6 is 0 Å². The van der Waals surface area contributed by atoms with Gasteiger partial charge in [0.05, 0.1) is 0 Å². The first kappa shape index (κ1) is 8.53. The van der Waals surface area contributed by atoms with Gasteiger partial charge in [0.2, 0.25) is 0 Å². The molecule has 0 aromatic rings. The number of rotatable bonds is 1. The Kier molecular flexibility index (Phi) is 2.20. The Labute approximate surface area is 77.3 Å². The molecule has 1 saturated heterocycles. The second kappa shape index (κ2) is 3.36. The van der Waals surface area contributed by atoms with Crippen LogP contribution in [0.3, 0.4) is 0 Å². The summed E-state index contributed by atoms with van der Waals surface area (Å²) in [6.07, 6.45) is 4.52. The summed E-state index contributed by atoms with van der Waals surface area (Å²) >= 11 is 0. The van der Waals surface area contributed by atoms with Crippen molar-refractivity contribution in [3.05, 3.63) is 0 Å². The molecule has 0 unspecified atom stereocenters. The van der Waals surface area contributed by atoms with E-state index in [-0.39, 0.29) is 5.91 Å². The molecule has 2 rings (SSSR count). The Morgan fingerprint density at radius 2 is 1.92 bits per heavy atom. The minimum atomic E-state index is -0.432. The number of nitrogens with zero attached hydrogens (tertiary/aromatic N) is 1. The van der Waals surface area contributed by atoms with Gasteiger partial charge in [-0.25, -0.2) is 0 Å². The molecule has 2 fully saturated rings. The molecule has 0 aromatic carbocycles. The topological polar surface area (TPSA) is 49.4 Å². The molecule has 0 aromatic heterocycles. The van der Waals surface area contributed by atoms with Gasteiger partial charge < -0.3 is 10.2 Å². The lowest BCUT2D eigenvalue weighted by Crippen LogP contribution is -2.55. The molecular weight excluding hydrogens is 168 g/mol. The van der Waals surface area contributed by atoms with Crippen LogP contribution in [0.1, 0.15) is 25.7 Å². The predicted molar refractivity (Wildman–Crippen MR) is 47.0 cm³/mol. The van der Waals surface area contributed by atoms with Crippen LogP contribution in [-0.2, 0) is 9.59 Å². The summed E-state index contributed by atoms with van der Waals surface area (Å²) < 4.78 is 0. The van der Waals surface area contributed by atoms with Gasteiger partial charge in [0.15, 0.2) is 0 Å². The third-order valence-electron chi connectivity index (χ3n) is 2.86. The lowest BCUT2D eigenvalue weighted by atomic mass is 10.2. The maximum atomic E-state index is 11.4. The van der Waals surface area contributed by atoms with Crippen LogP contribution < -0.4 is 5.32 Å². The van der Waals surface area contributed by atoms with E-state index < -0.39 is 5.91 Å². The third kappa shape index (κ3) is 1.53. The van der Waals surface area contributed by atoms with E-state index >= 15 is 0 Å². The monoisotopic (exact) mass is 182 g/mol. The highest BCUT2D eigenvalue weighted by atomic mass is 16.2. The predicted octanol–water partition coefficient (Wildman–Crippen LogP) is -0.113. The largest absolute Gasteiger partial charge is 0.346 e. The van der Waals surface area contributed by atoms with Crippen molar-refractivity contribution in [1.82, 2.24) is 10.2 Å². The molecule has 0 atom stereocenters. The van der Waals surface area contributed by atoms with E-state index in [1.165, 1.54) is 12.8 Å². The number of carbonyl (C=O) groups excluding carboxylic acids is 2. The Morgan fingerprint density at radius 3 is 2.62 bits per heavy atom. The fraction of sp³-hybridized carbons (Fsp3) is 0.778. The van der Waals surface area contributed by atoms with Gasteiger partial charge in [0.25, 0.3) is 0 Å². The molecule has 1 aliphatic heterocycles.